The molecule has 0 aromatic carbocycles. The predicted molar refractivity (Wildman–Crippen MR) is 67.0 cm³/mol. The summed E-state index contributed by atoms with van der Waals surface area (Å²) in [5.41, 5.74) is 0.450. The maximum absolute atomic E-state index is 11.3. The van der Waals surface area contributed by atoms with Gasteiger partial charge in [-0.2, -0.15) is 5.10 Å². The van der Waals surface area contributed by atoms with E-state index in [1.165, 1.54) is 13.1 Å². The molecule has 2 aromatic heterocycles. The average Bonchev–Trinajstić information content (AvgIpc) is 2.68. The summed E-state index contributed by atoms with van der Waals surface area (Å²) >= 11 is 0. The summed E-state index contributed by atoms with van der Waals surface area (Å²) in [6.45, 7) is 5.05. The zero-order valence-electron chi connectivity index (χ0n) is 10.7. The van der Waals surface area contributed by atoms with Gasteiger partial charge in [0.2, 0.25) is 0 Å². The largest absolute Gasteiger partial charge is 0.489 e. The molecule has 5 nitrogen and oxygen atoms in total. The van der Waals surface area contributed by atoms with Crippen molar-refractivity contribution in [2.45, 2.75) is 26.4 Å². The Kier molecular flexibility index (Phi) is 3.09. The molecule has 2 rings (SSSR count). The van der Waals surface area contributed by atoms with Crippen LogP contribution in [0.4, 0.5) is 0 Å². The fourth-order valence-corrected chi connectivity index (χ4v) is 1.58. The SMILES string of the molecule is CC(=O)c1cnn2cc(OCC(C)(C)O)ccc12. The summed E-state index contributed by atoms with van der Waals surface area (Å²) in [6.07, 6.45) is 3.23. The molecule has 0 amide bonds. The zero-order valence-corrected chi connectivity index (χ0v) is 10.7. The average molecular weight is 248 g/mol. The van der Waals surface area contributed by atoms with Crippen LogP contribution in [-0.2, 0) is 0 Å². The van der Waals surface area contributed by atoms with Gasteiger partial charge in [-0.05, 0) is 32.9 Å². The van der Waals surface area contributed by atoms with E-state index in [9.17, 15) is 9.90 Å². The normalized spacial score (nSPS) is 11.8. The van der Waals surface area contributed by atoms with E-state index in [1.54, 1.807) is 36.7 Å². The lowest BCUT2D eigenvalue weighted by Gasteiger charge is -2.17. The van der Waals surface area contributed by atoms with Gasteiger partial charge in [0.15, 0.2) is 5.78 Å². The second-order valence-corrected chi connectivity index (χ2v) is 4.91. The summed E-state index contributed by atoms with van der Waals surface area (Å²) < 4.78 is 7.05. The lowest BCUT2D eigenvalue weighted by molar-refractivity contribution is 0.0283. The molecular formula is C13H16N2O3. The number of Topliss-reactive ketones (excluding diaryl/α,β-unsaturated/α-hetero) is 1. The first-order valence-electron chi connectivity index (χ1n) is 5.70. The van der Waals surface area contributed by atoms with Crippen LogP contribution < -0.4 is 4.74 Å². The molecular weight excluding hydrogens is 232 g/mol. The van der Waals surface area contributed by atoms with E-state index in [-0.39, 0.29) is 12.4 Å². The Morgan fingerprint density at radius 2 is 2.22 bits per heavy atom. The van der Waals surface area contributed by atoms with Crippen molar-refractivity contribution < 1.29 is 14.6 Å². The lowest BCUT2D eigenvalue weighted by atomic mass is 10.2. The van der Waals surface area contributed by atoms with E-state index in [4.69, 9.17) is 4.74 Å². The Bertz CT molecular complexity index is 581. The highest BCUT2D eigenvalue weighted by Gasteiger charge is 2.14. The number of fused-ring (bicyclic) bond motifs is 1. The number of nitrogens with zero attached hydrogens (tertiary/aromatic N) is 2. The van der Waals surface area contributed by atoms with Gasteiger partial charge in [-0.3, -0.25) is 4.79 Å². The molecule has 0 atom stereocenters. The molecule has 0 aliphatic rings. The van der Waals surface area contributed by atoms with Crippen molar-refractivity contribution in [3.8, 4) is 5.75 Å². The van der Waals surface area contributed by atoms with Gasteiger partial charge < -0.3 is 9.84 Å². The molecule has 0 spiro atoms. The third-order valence-electron chi connectivity index (χ3n) is 2.46. The van der Waals surface area contributed by atoms with Crippen molar-refractivity contribution in [3.05, 3.63) is 30.1 Å². The van der Waals surface area contributed by atoms with Gasteiger partial charge in [0.25, 0.3) is 0 Å². The van der Waals surface area contributed by atoms with Crippen LogP contribution in [0.25, 0.3) is 5.52 Å². The van der Waals surface area contributed by atoms with Crippen molar-refractivity contribution in [1.29, 1.82) is 0 Å². The maximum atomic E-state index is 11.3. The number of pyridine rings is 1. The molecule has 2 heterocycles. The Morgan fingerprint density at radius 3 is 2.83 bits per heavy atom. The van der Waals surface area contributed by atoms with Crippen LogP contribution in [0.1, 0.15) is 31.1 Å². The molecule has 0 bridgehead atoms. The van der Waals surface area contributed by atoms with Crippen molar-refractivity contribution in [2.75, 3.05) is 6.61 Å². The van der Waals surface area contributed by atoms with Gasteiger partial charge in [-0.1, -0.05) is 0 Å². The van der Waals surface area contributed by atoms with Crippen LogP contribution in [0.15, 0.2) is 24.5 Å². The molecule has 0 radical (unpaired) electrons. The van der Waals surface area contributed by atoms with Gasteiger partial charge in [0.1, 0.15) is 12.4 Å². The van der Waals surface area contributed by atoms with Crippen molar-refractivity contribution >= 4 is 11.3 Å². The standard InChI is InChI=1S/C13H16N2O3/c1-9(16)11-6-14-15-7-10(4-5-12(11)15)18-8-13(2,3)17/h4-7,17H,8H2,1-3H3. The highest BCUT2D eigenvalue weighted by atomic mass is 16.5. The minimum absolute atomic E-state index is 0.0184. The van der Waals surface area contributed by atoms with E-state index in [2.05, 4.69) is 5.10 Å². The molecule has 0 aliphatic carbocycles. The molecule has 0 fully saturated rings. The minimum Gasteiger partial charge on any atom is -0.489 e. The van der Waals surface area contributed by atoms with Crippen LogP contribution in [-0.4, -0.2) is 32.7 Å². The first-order chi connectivity index (χ1) is 8.37. The van der Waals surface area contributed by atoms with Gasteiger partial charge in [-0.15, -0.1) is 0 Å². The number of aliphatic hydroxyl groups is 1. The lowest BCUT2D eigenvalue weighted by Crippen LogP contribution is -2.27. The highest BCUT2D eigenvalue weighted by molar-refractivity contribution is 6.00. The summed E-state index contributed by atoms with van der Waals surface area (Å²) in [7, 11) is 0. The van der Waals surface area contributed by atoms with Crippen LogP contribution in [0.3, 0.4) is 0 Å². The summed E-state index contributed by atoms with van der Waals surface area (Å²) in [6, 6.07) is 3.54. The first kappa shape index (κ1) is 12.6. The Hall–Kier alpha value is -1.88. The van der Waals surface area contributed by atoms with Crippen molar-refractivity contribution in [2.24, 2.45) is 0 Å². The van der Waals surface area contributed by atoms with E-state index >= 15 is 0 Å². The first-order valence-corrected chi connectivity index (χ1v) is 5.70. The number of aromatic nitrogens is 2. The number of rotatable bonds is 4. The van der Waals surface area contributed by atoms with Crippen LogP contribution >= 0.6 is 0 Å². The molecule has 0 aliphatic heterocycles. The third-order valence-corrected chi connectivity index (χ3v) is 2.46. The summed E-state index contributed by atoms with van der Waals surface area (Å²) in [5, 5.41) is 13.7. The fourth-order valence-electron chi connectivity index (χ4n) is 1.58. The molecule has 0 saturated carbocycles. The van der Waals surface area contributed by atoms with Crippen LogP contribution in [0.2, 0.25) is 0 Å². The zero-order chi connectivity index (χ0) is 13.3. The molecule has 96 valence electrons. The number of ether oxygens (including phenoxy) is 1. The van der Waals surface area contributed by atoms with Crippen molar-refractivity contribution in [3.63, 3.8) is 0 Å². The quantitative estimate of drug-likeness (QED) is 0.836. The Balaban J connectivity index is 2.26. The maximum Gasteiger partial charge on any atom is 0.163 e. The molecule has 0 unspecified atom stereocenters. The van der Waals surface area contributed by atoms with E-state index in [1.807, 2.05) is 0 Å². The third kappa shape index (κ3) is 2.68. The van der Waals surface area contributed by atoms with E-state index in [0.717, 1.165) is 5.52 Å². The highest BCUT2D eigenvalue weighted by Crippen LogP contribution is 2.17. The van der Waals surface area contributed by atoms with E-state index < -0.39 is 5.60 Å². The smallest absolute Gasteiger partial charge is 0.163 e. The molecule has 0 saturated heterocycles. The predicted octanol–water partition coefficient (Wildman–Crippen LogP) is 1.69. The second-order valence-electron chi connectivity index (χ2n) is 4.91. The van der Waals surface area contributed by atoms with Gasteiger partial charge >= 0.3 is 0 Å². The number of hydrogen-bond acceptors (Lipinski definition) is 4. The Morgan fingerprint density at radius 1 is 1.50 bits per heavy atom. The molecule has 1 N–H and O–H groups in total. The molecule has 18 heavy (non-hydrogen) atoms. The Labute approximate surface area is 105 Å². The number of carbonyl (C=O) groups excluding carboxylic acids is 1. The van der Waals surface area contributed by atoms with Crippen molar-refractivity contribution in [1.82, 2.24) is 9.61 Å². The second kappa shape index (κ2) is 4.42. The summed E-state index contributed by atoms with van der Waals surface area (Å²) in [5.74, 6) is 0.581. The number of hydrogen-bond donors (Lipinski definition) is 1. The summed E-state index contributed by atoms with van der Waals surface area (Å²) in [4.78, 5) is 11.3. The minimum atomic E-state index is -0.885. The van der Waals surface area contributed by atoms with Gasteiger partial charge in [0.05, 0.1) is 29.1 Å². The van der Waals surface area contributed by atoms with E-state index in [0.29, 0.717) is 11.3 Å². The van der Waals surface area contributed by atoms with Crippen LogP contribution in [0, 0.1) is 0 Å². The van der Waals surface area contributed by atoms with Crippen LogP contribution in [0.5, 0.6) is 5.75 Å². The number of ketones is 1. The molecule has 5 heteroatoms. The van der Waals surface area contributed by atoms with Gasteiger partial charge in [0, 0.05) is 0 Å². The molecule has 2 aromatic rings. The monoisotopic (exact) mass is 248 g/mol. The van der Waals surface area contributed by atoms with Gasteiger partial charge in [-0.25, -0.2) is 4.52 Å². The topological polar surface area (TPSA) is 63.8 Å². The fraction of sp³-hybridized carbons (Fsp3) is 0.385. The number of carbonyl (C=O) groups is 1.